The molecule has 1 aliphatic rings. The fourth-order valence-corrected chi connectivity index (χ4v) is 8.87. The Hall–Kier alpha value is -7.41. The van der Waals surface area contributed by atoms with Crippen molar-refractivity contribution in [3.63, 3.8) is 0 Å². The van der Waals surface area contributed by atoms with E-state index in [4.69, 9.17) is 13.8 Å². The average molecular weight is 735 g/mol. The molecular weight excluding hydrogens is 701 g/mol. The third-order valence-corrected chi connectivity index (χ3v) is 11.5. The van der Waals surface area contributed by atoms with E-state index in [1.807, 2.05) is 12.1 Å². The summed E-state index contributed by atoms with van der Waals surface area (Å²) in [7, 11) is 0. The number of fused-ring (bicyclic) bond motifs is 9. The SMILES string of the molecule is c1ccc(C2N=C(c3cccc4c3oc3cccc(-c5ccc6c(c5)oc5cc(-n7c8ccccc8c8ccccc87)ccc56)c34)NC(c3ccccc3)N2)cc1. The number of hydrogen-bond donors (Lipinski definition) is 2. The maximum atomic E-state index is 6.76. The fourth-order valence-electron chi connectivity index (χ4n) is 8.87. The van der Waals surface area contributed by atoms with Gasteiger partial charge in [-0.2, -0.15) is 0 Å². The Morgan fingerprint density at radius 3 is 1.88 bits per heavy atom. The predicted octanol–water partition coefficient (Wildman–Crippen LogP) is 12.6. The van der Waals surface area contributed by atoms with Crippen molar-refractivity contribution in [1.29, 1.82) is 0 Å². The van der Waals surface area contributed by atoms with E-state index in [0.29, 0.717) is 0 Å². The van der Waals surface area contributed by atoms with E-state index in [-0.39, 0.29) is 12.3 Å². The van der Waals surface area contributed by atoms with Crippen molar-refractivity contribution >= 4 is 71.5 Å². The summed E-state index contributed by atoms with van der Waals surface area (Å²) in [5.41, 5.74) is 12.1. The zero-order chi connectivity index (χ0) is 37.5. The summed E-state index contributed by atoms with van der Waals surface area (Å²) in [4.78, 5) is 5.23. The van der Waals surface area contributed by atoms with Gasteiger partial charge in [-0.25, -0.2) is 4.99 Å². The van der Waals surface area contributed by atoms with Crippen LogP contribution in [-0.2, 0) is 0 Å². The second-order valence-corrected chi connectivity index (χ2v) is 14.8. The molecule has 0 fully saturated rings. The largest absolute Gasteiger partial charge is 0.456 e. The van der Waals surface area contributed by atoms with Crippen molar-refractivity contribution in [2.75, 3.05) is 0 Å². The van der Waals surface area contributed by atoms with Gasteiger partial charge < -0.3 is 18.7 Å². The third-order valence-electron chi connectivity index (χ3n) is 11.5. The Bertz CT molecular complexity index is 3320. The van der Waals surface area contributed by atoms with Crippen LogP contribution in [0.2, 0.25) is 0 Å². The number of amidine groups is 1. The minimum atomic E-state index is -0.239. The van der Waals surface area contributed by atoms with Gasteiger partial charge in [0.2, 0.25) is 0 Å². The van der Waals surface area contributed by atoms with Gasteiger partial charge in [-0.15, -0.1) is 0 Å². The van der Waals surface area contributed by atoms with E-state index >= 15 is 0 Å². The van der Waals surface area contributed by atoms with Crippen molar-refractivity contribution in [3.05, 3.63) is 199 Å². The number of nitrogens with one attached hydrogen (secondary N) is 2. The lowest BCUT2D eigenvalue weighted by molar-refractivity contribution is 0.409. The zero-order valence-electron chi connectivity index (χ0n) is 30.7. The van der Waals surface area contributed by atoms with E-state index in [0.717, 1.165) is 83.2 Å². The molecule has 1 aliphatic heterocycles. The van der Waals surface area contributed by atoms with Crippen LogP contribution in [0.15, 0.2) is 196 Å². The van der Waals surface area contributed by atoms with Crippen LogP contribution < -0.4 is 10.6 Å². The van der Waals surface area contributed by atoms with Crippen LogP contribution in [0.25, 0.3) is 82.5 Å². The number of furan rings is 2. The molecule has 3 aromatic heterocycles. The Balaban J connectivity index is 0.969. The number of aromatic nitrogens is 1. The molecule has 0 bridgehead atoms. The molecule has 270 valence electrons. The Morgan fingerprint density at radius 1 is 0.474 bits per heavy atom. The standard InChI is InChI=1S/C51H34N4O2/c1-3-13-31(14-4-1)49-52-50(32-15-5-2-6-16-32)54-51(53-49)41-21-11-20-40-47-35(19-12-24-44(47)57-48(40)41)33-25-27-38-39-28-26-34(30-46(39)56-45(38)29-33)55-42-22-9-7-17-36(42)37-18-8-10-23-43(37)55/h1-30,49-50,52H,(H,53,54). The molecule has 0 spiro atoms. The van der Waals surface area contributed by atoms with Crippen LogP contribution in [0, 0.1) is 0 Å². The highest BCUT2D eigenvalue weighted by Gasteiger charge is 2.27. The molecule has 0 saturated carbocycles. The van der Waals surface area contributed by atoms with Crippen molar-refractivity contribution in [2.24, 2.45) is 4.99 Å². The molecule has 0 radical (unpaired) electrons. The molecule has 12 rings (SSSR count). The minimum Gasteiger partial charge on any atom is -0.456 e. The lowest BCUT2D eigenvalue weighted by Crippen LogP contribution is -2.45. The molecule has 0 saturated heterocycles. The average Bonchev–Trinajstić information content (AvgIpc) is 3.96. The first-order chi connectivity index (χ1) is 28.2. The number of hydrogen-bond acceptors (Lipinski definition) is 5. The molecule has 2 atom stereocenters. The highest BCUT2D eigenvalue weighted by atomic mass is 16.3. The predicted molar refractivity (Wildman–Crippen MR) is 232 cm³/mol. The van der Waals surface area contributed by atoms with Crippen LogP contribution in [0.1, 0.15) is 29.0 Å². The van der Waals surface area contributed by atoms with Crippen molar-refractivity contribution in [1.82, 2.24) is 15.2 Å². The fraction of sp³-hybridized carbons (Fsp3) is 0.0392. The summed E-state index contributed by atoms with van der Waals surface area (Å²) < 4.78 is 15.8. The quantitative estimate of drug-likeness (QED) is 0.185. The van der Waals surface area contributed by atoms with Gasteiger partial charge in [-0.1, -0.05) is 127 Å². The van der Waals surface area contributed by atoms with Crippen LogP contribution in [-0.4, -0.2) is 10.4 Å². The molecule has 6 heteroatoms. The van der Waals surface area contributed by atoms with Crippen LogP contribution >= 0.6 is 0 Å². The summed E-state index contributed by atoms with van der Waals surface area (Å²) in [6, 6.07) is 63.7. The first-order valence-electron chi connectivity index (χ1n) is 19.4. The monoisotopic (exact) mass is 734 g/mol. The molecule has 2 N–H and O–H groups in total. The maximum Gasteiger partial charge on any atom is 0.146 e. The van der Waals surface area contributed by atoms with Gasteiger partial charge in [0.25, 0.3) is 0 Å². The summed E-state index contributed by atoms with van der Waals surface area (Å²) in [6.45, 7) is 0. The Morgan fingerprint density at radius 2 is 1.11 bits per heavy atom. The highest BCUT2D eigenvalue weighted by Crippen LogP contribution is 2.41. The molecule has 4 heterocycles. The van der Waals surface area contributed by atoms with Crippen molar-refractivity contribution in [3.8, 4) is 16.8 Å². The van der Waals surface area contributed by atoms with E-state index in [1.165, 1.54) is 21.8 Å². The van der Waals surface area contributed by atoms with Crippen molar-refractivity contribution in [2.45, 2.75) is 12.3 Å². The van der Waals surface area contributed by atoms with Crippen LogP contribution in [0.4, 0.5) is 0 Å². The molecule has 0 amide bonds. The second-order valence-electron chi connectivity index (χ2n) is 14.8. The van der Waals surface area contributed by atoms with E-state index < -0.39 is 0 Å². The van der Waals surface area contributed by atoms with Gasteiger partial charge >= 0.3 is 0 Å². The van der Waals surface area contributed by atoms with Crippen molar-refractivity contribution < 1.29 is 8.83 Å². The molecule has 8 aromatic carbocycles. The molecule has 2 unspecified atom stereocenters. The van der Waals surface area contributed by atoms with E-state index in [1.54, 1.807) is 0 Å². The van der Waals surface area contributed by atoms with E-state index in [2.05, 4.69) is 185 Å². The molecule has 57 heavy (non-hydrogen) atoms. The Kier molecular flexibility index (Phi) is 7.03. The number of aliphatic imine (C=N–C) groups is 1. The minimum absolute atomic E-state index is 0.146. The van der Waals surface area contributed by atoms with E-state index in [9.17, 15) is 0 Å². The van der Waals surface area contributed by atoms with Gasteiger partial charge in [0, 0.05) is 44.1 Å². The number of rotatable bonds is 5. The number of nitrogens with zero attached hydrogens (tertiary/aromatic N) is 2. The highest BCUT2D eigenvalue weighted by molar-refractivity contribution is 6.19. The smallest absolute Gasteiger partial charge is 0.146 e. The normalized spacial score (nSPS) is 15.9. The molecule has 0 aliphatic carbocycles. The van der Waals surface area contributed by atoms with Crippen LogP contribution in [0.3, 0.4) is 0 Å². The van der Waals surface area contributed by atoms with Gasteiger partial charge in [0.1, 0.15) is 40.5 Å². The lowest BCUT2D eigenvalue weighted by Gasteiger charge is -2.32. The third kappa shape index (κ3) is 5.04. The maximum absolute atomic E-state index is 6.76. The van der Waals surface area contributed by atoms with Gasteiger partial charge in [-0.05, 0) is 70.8 Å². The van der Waals surface area contributed by atoms with Gasteiger partial charge in [0.15, 0.2) is 0 Å². The first kappa shape index (κ1) is 31.9. The summed E-state index contributed by atoms with van der Waals surface area (Å²) in [6.07, 6.45) is -0.385. The summed E-state index contributed by atoms with van der Waals surface area (Å²) in [5, 5.41) is 14.2. The first-order valence-corrected chi connectivity index (χ1v) is 19.4. The summed E-state index contributed by atoms with van der Waals surface area (Å²) >= 11 is 0. The zero-order valence-corrected chi connectivity index (χ0v) is 30.7. The molecule has 6 nitrogen and oxygen atoms in total. The second kappa shape index (κ2) is 12.6. The van der Waals surface area contributed by atoms with Crippen LogP contribution in [0.5, 0.6) is 0 Å². The topological polar surface area (TPSA) is 67.6 Å². The molecule has 11 aromatic rings. The Labute approximate surface area is 327 Å². The number of para-hydroxylation sites is 3. The molecular formula is C51H34N4O2. The van der Waals surface area contributed by atoms with Gasteiger partial charge in [-0.3, -0.25) is 5.32 Å². The summed E-state index contributed by atoms with van der Waals surface area (Å²) in [5.74, 6) is 0.784. The van der Waals surface area contributed by atoms with Gasteiger partial charge in [0.05, 0.1) is 16.6 Å². The lowest BCUT2D eigenvalue weighted by atomic mass is 9.97. The number of benzene rings is 8.